The van der Waals surface area contributed by atoms with E-state index in [2.05, 4.69) is 6.92 Å². The van der Waals surface area contributed by atoms with E-state index in [1.807, 2.05) is 24.3 Å². The van der Waals surface area contributed by atoms with Crippen LogP contribution in [-0.2, 0) is 4.74 Å². The van der Waals surface area contributed by atoms with Crippen molar-refractivity contribution in [1.82, 2.24) is 0 Å². The molecule has 1 atom stereocenters. The van der Waals surface area contributed by atoms with Gasteiger partial charge in [0.25, 0.3) is 0 Å². The molecule has 0 aliphatic heterocycles. The molecule has 0 aliphatic rings. The van der Waals surface area contributed by atoms with Crippen molar-refractivity contribution >= 4 is 0 Å². The quantitative estimate of drug-likeness (QED) is 0.620. The van der Waals surface area contributed by atoms with Crippen molar-refractivity contribution in [2.24, 2.45) is 0 Å². The minimum Gasteiger partial charge on any atom is -0.496 e. The number of aliphatic hydroxyl groups is 1. The summed E-state index contributed by atoms with van der Waals surface area (Å²) >= 11 is 0. The fourth-order valence-corrected chi connectivity index (χ4v) is 2.21. The third-order valence-corrected chi connectivity index (χ3v) is 3.42. The van der Waals surface area contributed by atoms with Gasteiger partial charge in [0.15, 0.2) is 0 Å². The van der Waals surface area contributed by atoms with Crippen LogP contribution in [0.25, 0.3) is 0 Å². The van der Waals surface area contributed by atoms with Crippen molar-refractivity contribution in [3.05, 3.63) is 29.8 Å². The molecule has 0 amide bonds. The van der Waals surface area contributed by atoms with Crippen LogP contribution in [0.4, 0.5) is 0 Å². The normalized spacial score (nSPS) is 12.3. The topological polar surface area (TPSA) is 38.7 Å². The molecule has 0 heterocycles. The first-order chi connectivity index (χ1) is 9.79. The first kappa shape index (κ1) is 17.0. The minimum absolute atomic E-state index is 0.329. The maximum atomic E-state index is 10.1. The number of ether oxygens (including phenoxy) is 2. The minimum atomic E-state index is -0.619. The van der Waals surface area contributed by atoms with Crippen LogP contribution in [0.1, 0.15) is 57.1 Å². The molecule has 0 aliphatic carbocycles. The number of aliphatic hydroxyl groups excluding tert-OH is 1. The highest BCUT2D eigenvalue weighted by Gasteiger charge is 2.12. The van der Waals surface area contributed by atoms with E-state index in [4.69, 9.17) is 9.47 Å². The van der Waals surface area contributed by atoms with Crippen LogP contribution in [0.2, 0.25) is 0 Å². The molecule has 3 nitrogen and oxygen atoms in total. The van der Waals surface area contributed by atoms with Gasteiger partial charge in [-0.3, -0.25) is 0 Å². The fourth-order valence-electron chi connectivity index (χ4n) is 2.21. The van der Waals surface area contributed by atoms with Crippen molar-refractivity contribution in [2.75, 3.05) is 20.3 Å². The molecule has 3 heteroatoms. The Hall–Kier alpha value is -1.06. The third kappa shape index (κ3) is 6.40. The summed E-state index contributed by atoms with van der Waals surface area (Å²) in [6.45, 7) is 3.27. The van der Waals surface area contributed by atoms with Gasteiger partial charge in [-0.2, -0.15) is 0 Å². The average Bonchev–Trinajstić information content (AvgIpc) is 2.49. The molecule has 1 aromatic rings. The molecule has 0 aromatic heterocycles. The number of rotatable bonds is 11. The van der Waals surface area contributed by atoms with E-state index in [9.17, 15) is 5.11 Å². The van der Waals surface area contributed by atoms with Gasteiger partial charge in [0.2, 0.25) is 0 Å². The van der Waals surface area contributed by atoms with Gasteiger partial charge in [0.05, 0.1) is 13.7 Å². The zero-order chi connectivity index (χ0) is 14.6. The third-order valence-electron chi connectivity index (χ3n) is 3.42. The zero-order valence-electron chi connectivity index (χ0n) is 12.8. The molecule has 1 rings (SSSR count). The lowest BCUT2D eigenvalue weighted by atomic mass is 10.1. The maximum absolute atomic E-state index is 10.1. The van der Waals surface area contributed by atoms with E-state index in [0.717, 1.165) is 18.6 Å². The molecule has 0 bridgehead atoms. The molecule has 0 fully saturated rings. The first-order valence-electron chi connectivity index (χ1n) is 7.68. The van der Waals surface area contributed by atoms with Crippen molar-refractivity contribution in [1.29, 1.82) is 0 Å². The Balaban J connectivity index is 2.15. The summed E-state index contributed by atoms with van der Waals surface area (Å²) in [6.07, 6.45) is 6.88. The van der Waals surface area contributed by atoms with Crippen LogP contribution in [0.5, 0.6) is 5.75 Å². The second-order valence-electron chi connectivity index (χ2n) is 5.10. The van der Waals surface area contributed by atoms with Gasteiger partial charge in [-0.1, -0.05) is 57.2 Å². The molecular formula is C17H28O3. The van der Waals surface area contributed by atoms with Gasteiger partial charge < -0.3 is 14.6 Å². The number of hydrogen-bond acceptors (Lipinski definition) is 3. The predicted octanol–water partition coefficient (Wildman–Crippen LogP) is 4.11. The highest BCUT2D eigenvalue weighted by molar-refractivity contribution is 5.34. The second-order valence-corrected chi connectivity index (χ2v) is 5.10. The molecule has 1 unspecified atom stereocenters. The van der Waals surface area contributed by atoms with Crippen molar-refractivity contribution in [3.8, 4) is 5.75 Å². The number of methoxy groups -OCH3 is 1. The van der Waals surface area contributed by atoms with Gasteiger partial charge in [-0.15, -0.1) is 0 Å². The monoisotopic (exact) mass is 280 g/mol. The molecule has 0 saturated carbocycles. The van der Waals surface area contributed by atoms with Gasteiger partial charge in [0, 0.05) is 12.2 Å². The molecule has 1 aromatic carbocycles. The van der Waals surface area contributed by atoms with Crippen LogP contribution in [0.3, 0.4) is 0 Å². The largest absolute Gasteiger partial charge is 0.496 e. The van der Waals surface area contributed by atoms with E-state index in [1.165, 1.54) is 32.1 Å². The van der Waals surface area contributed by atoms with E-state index < -0.39 is 6.10 Å². The molecule has 0 saturated heterocycles. The predicted molar refractivity (Wildman–Crippen MR) is 82.1 cm³/mol. The lowest BCUT2D eigenvalue weighted by molar-refractivity contribution is 0.0333. The van der Waals surface area contributed by atoms with Crippen molar-refractivity contribution < 1.29 is 14.6 Å². The summed E-state index contributed by atoms with van der Waals surface area (Å²) in [5.41, 5.74) is 0.790. The highest BCUT2D eigenvalue weighted by Crippen LogP contribution is 2.24. The number of para-hydroxylation sites is 1. The maximum Gasteiger partial charge on any atom is 0.124 e. The Morgan fingerprint density at radius 2 is 1.75 bits per heavy atom. The van der Waals surface area contributed by atoms with E-state index >= 15 is 0 Å². The Bertz CT molecular complexity index is 352. The second kappa shape index (κ2) is 10.7. The first-order valence-corrected chi connectivity index (χ1v) is 7.68. The van der Waals surface area contributed by atoms with Crippen LogP contribution >= 0.6 is 0 Å². The van der Waals surface area contributed by atoms with E-state index in [-0.39, 0.29) is 0 Å². The van der Waals surface area contributed by atoms with Crippen molar-refractivity contribution in [3.63, 3.8) is 0 Å². The lowest BCUT2D eigenvalue weighted by Gasteiger charge is -2.14. The smallest absolute Gasteiger partial charge is 0.124 e. The highest BCUT2D eigenvalue weighted by atomic mass is 16.5. The van der Waals surface area contributed by atoms with Gasteiger partial charge in [0.1, 0.15) is 11.9 Å². The SMILES string of the molecule is CCCCCCCCOCC(O)c1ccccc1OC. The van der Waals surface area contributed by atoms with Crippen molar-refractivity contribution in [2.45, 2.75) is 51.6 Å². The van der Waals surface area contributed by atoms with Crippen LogP contribution in [0.15, 0.2) is 24.3 Å². The number of unbranched alkanes of at least 4 members (excludes halogenated alkanes) is 5. The molecule has 114 valence electrons. The summed E-state index contributed by atoms with van der Waals surface area (Å²) in [5, 5.41) is 10.1. The standard InChI is InChI=1S/C17H28O3/c1-3-4-5-6-7-10-13-20-14-16(18)15-11-8-9-12-17(15)19-2/h8-9,11-12,16,18H,3-7,10,13-14H2,1-2H3. The van der Waals surface area contributed by atoms with Crippen LogP contribution < -0.4 is 4.74 Å². The zero-order valence-corrected chi connectivity index (χ0v) is 12.8. The average molecular weight is 280 g/mol. The Labute approximate surface area is 122 Å². The molecule has 20 heavy (non-hydrogen) atoms. The number of benzene rings is 1. The Morgan fingerprint density at radius 1 is 1.05 bits per heavy atom. The fraction of sp³-hybridized carbons (Fsp3) is 0.647. The van der Waals surface area contributed by atoms with Crippen LogP contribution in [0, 0.1) is 0 Å². The summed E-state index contributed by atoms with van der Waals surface area (Å²) in [6, 6.07) is 7.52. The van der Waals surface area contributed by atoms with Gasteiger partial charge in [-0.05, 0) is 12.5 Å². The molecule has 1 N–H and O–H groups in total. The Kier molecular flexibility index (Phi) is 9.09. The van der Waals surface area contributed by atoms with Gasteiger partial charge in [-0.25, -0.2) is 0 Å². The van der Waals surface area contributed by atoms with Gasteiger partial charge >= 0.3 is 0 Å². The summed E-state index contributed by atoms with van der Waals surface area (Å²) < 4.78 is 10.8. The molecule has 0 spiro atoms. The molecule has 0 radical (unpaired) electrons. The number of hydrogen-bond donors (Lipinski definition) is 1. The summed E-state index contributed by atoms with van der Waals surface area (Å²) in [4.78, 5) is 0. The summed E-state index contributed by atoms with van der Waals surface area (Å²) in [5.74, 6) is 0.711. The van der Waals surface area contributed by atoms with Crippen LogP contribution in [-0.4, -0.2) is 25.4 Å². The Morgan fingerprint density at radius 3 is 2.50 bits per heavy atom. The molecular weight excluding hydrogens is 252 g/mol. The lowest BCUT2D eigenvalue weighted by Crippen LogP contribution is -2.09. The van der Waals surface area contributed by atoms with E-state index in [1.54, 1.807) is 7.11 Å². The van der Waals surface area contributed by atoms with E-state index in [0.29, 0.717) is 12.4 Å². The summed E-state index contributed by atoms with van der Waals surface area (Å²) in [7, 11) is 1.61.